The Kier molecular flexibility index (Phi) is 7.19. The van der Waals surface area contributed by atoms with Crippen molar-refractivity contribution in [1.82, 2.24) is 0 Å². The summed E-state index contributed by atoms with van der Waals surface area (Å²) in [5.74, 6) is 2.52. The topological polar surface area (TPSA) is 43.4 Å². The number of carbonyl (C=O) groups is 2. The lowest BCUT2D eigenvalue weighted by Gasteiger charge is -2.41. The van der Waals surface area contributed by atoms with Gasteiger partial charge in [-0.05, 0) is 73.1 Å². The normalized spacial score (nSPS) is 29.0. The van der Waals surface area contributed by atoms with Gasteiger partial charge < -0.3 is 4.74 Å². The SMILES string of the molecule is CCCCCCC(=O)Oc1ccc2c(c1)CC[C@@H]([C@@H]1CCC(=O)C1(C)CC)[C@@H]2C. The van der Waals surface area contributed by atoms with Gasteiger partial charge in [-0.15, -0.1) is 0 Å². The fourth-order valence-electron chi connectivity index (χ4n) is 5.78. The molecule has 1 fully saturated rings. The fraction of sp³-hybridized carbons (Fsp3) is 0.692. The van der Waals surface area contributed by atoms with Crippen LogP contribution in [0, 0.1) is 17.3 Å². The largest absolute Gasteiger partial charge is 0.427 e. The zero-order chi connectivity index (χ0) is 21.0. The summed E-state index contributed by atoms with van der Waals surface area (Å²) in [7, 11) is 0. The molecule has 0 radical (unpaired) electrons. The van der Waals surface area contributed by atoms with Crippen LogP contribution in [0.1, 0.15) is 103 Å². The number of carbonyl (C=O) groups excluding carboxylic acids is 2. The first-order valence-corrected chi connectivity index (χ1v) is 11.8. The van der Waals surface area contributed by atoms with E-state index in [1.165, 1.54) is 24.0 Å². The Morgan fingerprint density at radius 1 is 1.14 bits per heavy atom. The van der Waals surface area contributed by atoms with Crippen molar-refractivity contribution >= 4 is 11.8 Å². The van der Waals surface area contributed by atoms with Gasteiger partial charge >= 0.3 is 5.97 Å². The van der Waals surface area contributed by atoms with Gasteiger partial charge in [0.25, 0.3) is 0 Å². The Hall–Kier alpha value is -1.64. The molecule has 4 atom stereocenters. The van der Waals surface area contributed by atoms with Crippen LogP contribution in [-0.2, 0) is 16.0 Å². The molecule has 3 heteroatoms. The van der Waals surface area contributed by atoms with Crippen LogP contribution in [-0.4, -0.2) is 11.8 Å². The van der Waals surface area contributed by atoms with Gasteiger partial charge in [-0.25, -0.2) is 0 Å². The predicted octanol–water partition coefficient (Wildman–Crippen LogP) is 6.62. The van der Waals surface area contributed by atoms with Crippen LogP contribution in [0.2, 0.25) is 0 Å². The van der Waals surface area contributed by atoms with E-state index in [-0.39, 0.29) is 11.4 Å². The van der Waals surface area contributed by atoms with Gasteiger partial charge in [-0.3, -0.25) is 9.59 Å². The predicted molar refractivity (Wildman–Crippen MR) is 117 cm³/mol. The molecule has 1 aromatic carbocycles. The zero-order valence-corrected chi connectivity index (χ0v) is 18.8. The second kappa shape index (κ2) is 9.45. The molecule has 2 aliphatic carbocycles. The molecule has 2 aliphatic rings. The van der Waals surface area contributed by atoms with E-state index in [1.54, 1.807) is 0 Å². The highest BCUT2D eigenvalue weighted by molar-refractivity contribution is 5.87. The summed E-state index contributed by atoms with van der Waals surface area (Å²) in [6.45, 7) is 8.85. The molecule has 1 aromatic rings. The van der Waals surface area contributed by atoms with Crippen molar-refractivity contribution in [3.8, 4) is 5.75 Å². The number of unbranched alkanes of at least 4 members (excludes halogenated alkanes) is 3. The van der Waals surface area contributed by atoms with Crippen LogP contribution in [0.5, 0.6) is 5.75 Å². The molecule has 0 N–H and O–H groups in total. The van der Waals surface area contributed by atoms with E-state index in [0.29, 0.717) is 35.7 Å². The van der Waals surface area contributed by atoms with Crippen molar-refractivity contribution in [1.29, 1.82) is 0 Å². The van der Waals surface area contributed by atoms with Crippen molar-refractivity contribution < 1.29 is 14.3 Å². The van der Waals surface area contributed by atoms with E-state index in [1.807, 2.05) is 6.07 Å². The summed E-state index contributed by atoms with van der Waals surface area (Å²) in [4.78, 5) is 24.7. The van der Waals surface area contributed by atoms with Crippen molar-refractivity contribution in [2.24, 2.45) is 17.3 Å². The summed E-state index contributed by atoms with van der Waals surface area (Å²) in [5, 5.41) is 0. The Bertz CT molecular complexity index is 737. The van der Waals surface area contributed by atoms with Gasteiger partial charge in [0.05, 0.1) is 0 Å². The third kappa shape index (κ3) is 4.59. The number of ether oxygens (including phenoxy) is 1. The van der Waals surface area contributed by atoms with Crippen molar-refractivity contribution in [3.63, 3.8) is 0 Å². The molecule has 0 saturated heterocycles. The van der Waals surface area contributed by atoms with Crippen LogP contribution >= 0.6 is 0 Å². The average Bonchev–Trinajstić information content (AvgIpc) is 3.01. The Morgan fingerprint density at radius 3 is 2.66 bits per heavy atom. The minimum atomic E-state index is -0.149. The molecule has 160 valence electrons. The number of hydrogen-bond donors (Lipinski definition) is 0. The van der Waals surface area contributed by atoms with Crippen molar-refractivity contribution in [3.05, 3.63) is 29.3 Å². The average molecular weight is 399 g/mol. The first-order valence-electron chi connectivity index (χ1n) is 11.8. The Morgan fingerprint density at radius 2 is 1.93 bits per heavy atom. The van der Waals surface area contributed by atoms with E-state index in [2.05, 4.69) is 39.8 Å². The monoisotopic (exact) mass is 398 g/mol. The van der Waals surface area contributed by atoms with Crippen LogP contribution in [0.4, 0.5) is 0 Å². The number of fused-ring (bicyclic) bond motifs is 1. The smallest absolute Gasteiger partial charge is 0.311 e. The molecule has 1 unspecified atom stereocenters. The van der Waals surface area contributed by atoms with Gasteiger partial charge in [-0.2, -0.15) is 0 Å². The number of hydrogen-bond acceptors (Lipinski definition) is 3. The Balaban J connectivity index is 1.66. The molecule has 0 bridgehead atoms. The summed E-state index contributed by atoms with van der Waals surface area (Å²) < 4.78 is 5.60. The van der Waals surface area contributed by atoms with Crippen LogP contribution in [0.25, 0.3) is 0 Å². The van der Waals surface area contributed by atoms with Crippen LogP contribution in [0.15, 0.2) is 18.2 Å². The quantitative estimate of drug-likeness (QED) is 0.281. The molecule has 0 amide bonds. The fourth-order valence-corrected chi connectivity index (χ4v) is 5.78. The molecular formula is C26H38O3. The first-order chi connectivity index (χ1) is 13.9. The van der Waals surface area contributed by atoms with Gasteiger partial charge in [0.2, 0.25) is 0 Å². The maximum absolute atomic E-state index is 12.5. The van der Waals surface area contributed by atoms with E-state index in [9.17, 15) is 9.59 Å². The Labute approximate surface area is 176 Å². The number of rotatable bonds is 8. The maximum atomic E-state index is 12.5. The molecule has 0 aromatic heterocycles. The molecule has 3 rings (SSSR count). The lowest BCUT2D eigenvalue weighted by atomic mass is 9.62. The van der Waals surface area contributed by atoms with E-state index < -0.39 is 0 Å². The highest BCUT2D eigenvalue weighted by Gasteiger charge is 2.49. The number of aryl methyl sites for hydroxylation is 1. The standard InChI is InChI=1S/C26H38O3/c1-5-7-8-9-10-25(28)29-20-12-14-21-18(3)22(13-11-19(21)17-20)23-15-16-24(27)26(23,4)6-2/h12,14,17-18,22-23H,5-11,13,15-16H2,1-4H3/t18-,22-,23+,26?/m1/s1. The molecular weight excluding hydrogens is 360 g/mol. The second-order valence-electron chi connectivity index (χ2n) is 9.48. The van der Waals surface area contributed by atoms with E-state index in [0.717, 1.165) is 44.9 Å². The number of benzene rings is 1. The maximum Gasteiger partial charge on any atom is 0.311 e. The molecule has 3 nitrogen and oxygen atoms in total. The minimum Gasteiger partial charge on any atom is -0.427 e. The molecule has 0 aliphatic heterocycles. The van der Waals surface area contributed by atoms with Crippen LogP contribution in [0.3, 0.4) is 0 Å². The lowest BCUT2D eigenvalue weighted by Crippen LogP contribution is -2.36. The third-order valence-electron chi connectivity index (χ3n) is 7.85. The van der Waals surface area contributed by atoms with Gasteiger partial charge in [0, 0.05) is 18.3 Å². The van der Waals surface area contributed by atoms with Gasteiger partial charge in [-0.1, -0.05) is 53.0 Å². The molecule has 29 heavy (non-hydrogen) atoms. The second-order valence-corrected chi connectivity index (χ2v) is 9.48. The number of Topliss-reactive ketones (excluding diaryl/α,β-unsaturated/α-hetero) is 1. The van der Waals surface area contributed by atoms with E-state index in [4.69, 9.17) is 4.74 Å². The van der Waals surface area contributed by atoms with Crippen molar-refractivity contribution in [2.75, 3.05) is 0 Å². The third-order valence-corrected chi connectivity index (χ3v) is 7.85. The van der Waals surface area contributed by atoms with E-state index >= 15 is 0 Å². The van der Waals surface area contributed by atoms with Crippen molar-refractivity contribution in [2.45, 2.75) is 97.8 Å². The summed E-state index contributed by atoms with van der Waals surface area (Å²) in [6.07, 6.45) is 9.72. The summed E-state index contributed by atoms with van der Waals surface area (Å²) in [6, 6.07) is 6.19. The highest BCUT2D eigenvalue weighted by Crippen LogP contribution is 2.53. The van der Waals surface area contributed by atoms with Gasteiger partial charge in [0.1, 0.15) is 11.5 Å². The summed E-state index contributed by atoms with van der Waals surface area (Å²) in [5.41, 5.74) is 2.54. The molecule has 1 saturated carbocycles. The minimum absolute atomic E-state index is 0.119. The highest BCUT2D eigenvalue weighted by atomic mass is 16.5. The summed E-state index contributed by atoms with van der Waals surface area (Å²) >= 11 is 0. The van der Waals surface area contributed by atoms with Crippen LogP contribution < -0.4 is 4.74 Å². The molecule has 0 heterocycles. The first kappa shape index (κ1) is 22.1. The number of esters is 1. The number of ketones is 1. The van der Waals surface area contributed by atoms with Gasteiger partial charge in [0.15, 0.2) is 0 Å². The lowest BCUT2D eigenvalue weighted by molar-refractivity contribution is -0.134. The zero-order valence-electron chi connectivity index (χ0n) is 18.8. The molecule has 0 spiro atoms.